The average Bonchev–Trinajstić information content (AvgIpc) is 2.44. The molecule has 0 fully saturated rings. The third-order valence-corrected chi connectivity index (χ3v) is 4.69. The van der Waals surface area contributed by atoms with Crippen LogP contribution in [0, 0.1) is 20.8 Å². The van der Waals surface area contributed by atoms with E-state index in [1.807, 2.05) is 49.4 Å². The van der Waals surface area contributed by atoms with Crippen molar-refractivity contribution in [1.29, 1.82) is 0 Å². The number of para-hydroxylation sites is 1. The zero-order chi connectivity index (χ0) is 15.0. The molecule has 21 heavy (non-hydrogen) atoms. The molecule has 0 aliphatic rings. The maximum atomic E-state index is 6.13. The van der Waals surface area contributed by atoms with E-state index in [2.05, 4.69) is 34.8 Å². The Kier molecular flexibility index (Phi) is 3.68. The van der Waals surface area contributed by atoms with E-state index in [1.165, 1.54) is 11.1 Å². The predicted octanol–water partition coefficient (Wildman–Crippen LogP) is 5.71. The Morgan fingerprint density at radius 1 is 0.952 bits per heavy atom. The van der Waals surface area contributed by atoms with Gasteiger partial charge in [0.1, 0.15) is 11.5 Å². The van der Waals surface area contributed by atoms with Crippen molar-refractivity contribution < 1.29 is 4.74 Å². The van der Waals surface area contributed by atoms with Gasteiger partial charge in [-0.3, -0.25) is 4.98 Å². The highest BCUT2D eigenvalue weighted by Crippen LogP contribution is 2.33. The lowest BCUT2D eigenvalue weighted by atomic mass is 10.1. The molecule has 3 heteroatoms. The van der Waals surface area contributed by atoms with Crippen molar-refractivity contribution in [2.24, 2.45) is 0 Å². The zero-order valence-corrected chi connectivity index (χ0v) is 13.9. The molecule has 0 saturated carbocycles. The standard InChI is InChI=1S/C18H16BrNO/c1-11-8-14(9-12(2)18(11)19)21-17-10-13(3)20-16-7-5-4-6-15(16)17/h4-10H,1-3H3. The van der Waals surface area contributed by atoms with Crippen molar-refractivity contribution >= 4 is 26.8 Å². The molecule has 2 aromatic carbocycles. The zero-order valence-electron chi connectivity index (χ0n) is 12.3. The molecular formula is C18H16BrNO. The van der Waals surface area contributed by atoms with Gasteiger partial charge in [-0.2, -0.15) is 0 Å². The van der Waals surface area contributed by atoms with Gasteiger partial charge in [0, 0.05) is 21.6 Å². The lowest BCUT2D eigenvalue weighted by Gasteiger charge is -2.12. The summed E-state index contributed by atoms with van der Waals surface area (Å²) in [6.45, 7) is 6.12. The SMILES string of the molecule is Cc1cc(Oc2cc(C)c(Br)c(C)c2)c2ccccc2n1. The van der Waals surface area contributed by atoms with Crippen molar-refractivity contribution in [2.45, 2.75) is 20.8 Å². The smallest absolute Gasteiger partial charge is 0.138 e. The van der Waals surface area contributed by atoms with E-state index in [1.54, 1.807) is 0 Å². The van der Waals surface area contributed by atoms with Crippen LogP contribution in [0.25, 0.3) is 10.9 Å². The topological polar surface area (TPSA) is 22.1 Å². The first-order chi connectivity index (χ1) is 10.0. The number of aromatic nitrogens is 1. The first kappa shape index (κ1) is 14.1. The minimum absolute atomic E-state index is 0.847. The van der Waals surface area contributed by atoms with Gasteiger partial charge in [-0.25, -0.2) is 0 Å². The molecule has 0 aliphatic carbocycles. The van der Waals surface area contributed by atoms with Gasteiger partial charge in [0.15, 0.2) is 0 Å². The number of aryl methyl sites for hydroxylation is 3. The molecule has 0 atom stereocenters. The Bertz CT molecular complexity index is 804. The van der Waals surface area contributed by atoms with Crippen molar-refractivity contribution in [3.05, 3.63) is 63.8 Å². The van der Waals surface area contributed by atoms with Crippen LogP contribution in [0.4, 0.5) is 0 Å². The second-order valence-electron chi connectivity index (χ2n) is 5.25. The molecule has 2 nitrogen and oxygen atoms in total. The number of benzene rings is 2. The Morgan fingerprint density at radius 3 is 2.33 bits per heavy atom. The molecule has 1 aromatic heterocycles. The minimum atomic E-state index is 0.847. The normalized spacial score (nSPS) is 10.9. The van der Waals surface area contributed by atoms with Crippen LogP contribution in [0.3, 0.4) is 0 Å². The van der Waals surface area contributed by atoms with E-state index in [9.17, 15) is 0 Å². The summed E-state index contributed by atoms with van der Waals surface area (Å²) in [5.41, 5.74) is 4.24. The van der Waals surface area contributed by atoms with Crippen LogP contribution >= 0.6 is 15.9 Å². The molecule has 106 valence electrons. The fraction of sp³-hybridized carbons (Fsp3) is 0.167. The predicted molar refractivity (Wildman–Crippen MR) is 90.2 cm³/mol. The second-order valence-corrected chi connectivity index (χ2v) is 6.05. The van der Waals surface area contributed by atoms with Crippen LogP contribution < -0.4 is 4.74 Å². The third kappa shape index (κ3) is 2.79. The first-order valence-electron chi connectivity index (χ1n) is 6.85. The maximum Gasteiger partial charge on any atom is 0.138 e. The summed E-state index contributed by atoms with van der Waals surface area (Å²) in [6, 6.07) is 14.1. The summed E-state index contributed by atoms with van der Waals surface area (Å²) >= 11 is 3.58. The molecule has 0 bridgehead atoms. The summed E-state index contributed by atoms with van der Waals surface area (Å²) in [5, 5.41) is 1.03. The highest BCUT2D eigenvalue weighted by Gasteiger charge is 2.08. The number of nitrogens with zero attached hydrogens (tertiary/aromatic N) is 1. The van der Waals surface area contributed by atoms with Gasteiger partial charge in [0.2, 0.25) is 0 Å². The highest BCUT2D eigenvalue weighted by atomic mass is 79.9. The second kappa shape index (κ2) is 5.49. The monoisotopic (exact) mass is 341 g/mol. The van der Waals surface area contributed by atoms with E-state index < -0.39 is 0 Å². The first-order valence-corrected chi connectivity index (χ1v) is 7.65. The number of hydrogen-bond donors (Lipinski definition) is 0. The van der Waals surface area contributed by atoms with E-state index in [0.29, 0.717) is 0 Å². The minimum Gasteiger partial charge on any atom is -0.457 e. The van der Waals surface area contributed by atoms with Gasteiger partial charge in [-0.05, 0) is 56.2 Å². The summed E-state index contributed by atoms with van der Waals surface area (Å²) in [4.78, 5) is 4.54. The van der Waals surface area contributed by atoms with E-state index in [4.69, 9.17) is 4.74 Å². The number of hydrogen-bond acceptors (Lipinski definition) is 2. The van der Waals surface area contributed by atoms with Gasteiger partial charge in [-0.15, -0.1) is 0 Å². The van der Waals surface area contributed by atoms with Crippen molar-refractivity contribution in [3.8, 4) is 11.5 Å². The molecule has 0 amide bonds. The molecule has 3 aromatic rings. The fourth-order valence-corrected chi connectivity index (χ4v) is 2.67. The van der Waals surface area contributed by atoms with Gasteiger partial charge < -0.3 is 4.74 Å². The van der Waals surface area contributed by atoms with E-state index >= 15 is 0 Å². The van der Waals surface area contributed by atoms with Gasteiger partial charge in [0.05, 0.1) is 5.52 Å². The maximum absolute atomic E-state index is 6.13. The number of pyridine rings is 1. The van der Waals surface area contributed by atoms with Gasteiger partial charge >= 0.3 is 0 Å². The summed E-state index contributed by atoms with van der Waals surface area (Å²) in [7, 11) is 0. The van der Waals surface area contributed by atoms with Gasteiger partial charge in [-0.1, -0.05) is 28.1 Å². The summed E-state index contributed by atoms with van der Waals surface area (Å²) in [5.74, 6) is 1.70. The van der Waals surface area contributed by atoms with Crippen molar-refractivity contribution in [2.75, 3.05) is 0 Å². The van der Waals surface area contributed by atoms with E-state index in [-0.39, 0.29) is 0 Å². The number of rotatable bonds is 2. The van der Waals surface area contributed by atoms with Crippen LogP contribution in [0.2, 0.25) is 0 Å². The molecule has 0 N–H and O–H groups in total. The van der Waals surface area contributed by atoms with Crippen LogP contribution in [-0.4, -0.2) is 4.98 Å². The summed E-state index contributed by atoms with van der Waals surface area (Å²) < 4.78 is 7.26. The van der Waals surface area contributed by atoms with E-state index in [0.717, 1.165) is 32.6 Å². The lowest BCUT2D eigenvalue weighted by Crippen LogP contribution is -1.92. The third-order valence-electron chi connectivity index (χ3n) is 3.44. The molecule has 3 rings (SSSR count). The Morgan fingerprint density at radius 2 is 1.62 bits per heavy atom. The Labute approximate surface area is 132 Å². The number of fused-ring (bicyclic) bond motifs is 1. The number of ether oxygens (including phenoxy) is 1. The van der Waals surface area contributed by atoms with Crippen LogP contribution in [-0.2, 0) is 0 Å². The molecule has 0 spiro atoms. The average molecular weight is 342 g/mol. The van der Waals surface area contributed by atoms with Crippen LogP contribution in [0.5, 0.6) is 11.5 Å². The Hall–Kier alpha value is -1.87. The molecule has 0 aliphatic heterocycles. The molecule has 0 radical (unpaired) electrons. The lowest BCUT2D eigenvalue weighted by molar-refractivity contribution is 0.486. The van der Waals surface area contributed by atoms with Crippen LogP contribution in [0.15, 0.2) is 46.9 Å². The fourth-order valence-electron chi connectivity index (χ4n) is 2.45. The molecule has 1 heterocycles. The molecule has 0 unspecified atom stereocenters. The van der Waals surface area contributed by atoms with Crippen molar-refractivity contribution in [3.63, 3.8) is 0 Å². The molecule has 0 saturated heterocycles. The van der Waals surface area contributed by atoms with Crippen molar-refractivity contribution in [1.82, 2.24) is 4.98 Å². The Balaban J connectivity index is 2.10. The summed E-state index contributed by atoms with van der Waals surface area (Å²) in [6.07, 6.45) is 0. The van der Waals surface area contributed by atoms with Crippen LogP contribution in [0.1, 0.15) is 16.8 Å². The molecular weight excluding hydrogens is 326 g/mol. The largest absolute Gasteiger partial charge is 0.457 e. The van der Waals surface area contributed by atoms with Gasteiger partial charge in [0.25, 0.3) is 0 Å². The highest BCUT2D eigenvalue weighted by molar-refractivity contribution is 9.10. The quantitative estimate of drug-likeness (QED) is 0.595. The number of halogens is 1.